The summed E-state index contributed by atoms with van der Waals surface area (Å²) in [7, 11) is 1.70. The van der Waals surface area contributed by atoms with E-state index < -0.39 is 0 Å². The summed E-state index contributed by atoms with van der Waals surface area (Å²) < 4.78 is 10.8. The average molecular weight is 281 g/mol. The molecular weight excluding hydrogens is 254 g/mol. The van der Waals surface area contributed by atoms with Crippen molar-refractivity contribution in [3.63, 3.8) is 0 Å². The van der Waals surface area contributed by atoms with Crippen LogP contribution in [0.2, 0.25) is 0 Å². The van der Waals surface area contributed by atoms with E-state index in [-0.39, 0.29) is 0 Å². The van der Waals surface area contributed by atoms with Gasteiger partial charge in [-0.2, -0.15) is 0 Å². The predicted molar refractivity (Wildman–Crippen MR) is 80.1 cm³/mol. The number of hydrogen-bond donors (Lipinski definition) is 1. The second-order valence-electron chi connectivity index (χ2n) is 5.07. The summed E-state index contributed by atoms with van der Waals surface area (Å²) in [5.74, 6) is 1.96. The maximum atomic E-state index is 5.76. The second kappa shape index (κ2) is 9.66. The van der Waals surface area contributed by atoms with Crippen LogP contribution < -0.4 is 10.1 Å². The molecule has 20 heavy (non-hydrogen) atoms. The lowest BCUT2D eigenvalue weighted by molar-refractivity contribution is 0.171. The minimum atomic E-state index is 0.322. The number of ether oxygens (including phenoxy) is 2. The van der Waals surface area contributed by atoms with Crippen LogP contribution in [0.3, 0.4) is 0 Å². The highest BCUT2D eigenvalue weighted by atomic mass is 16.5. The van der Waals surface area contributed by atoms with Gasteiger partial charge in [-0.3, -0.25) is 0 Å². The molecule has 0 fully saturated rings. The Kier molecular flexibility index (Phi) is 8.14. The zero-order valence-corrected chi connectivity index (χ0v) is 13.1. The normalized spacial score (nSPS) is 11.1. The summed E-state index contributed by atoms with van der Waals surface area (Å²) in [5.41, 5.74) is 0.939. The molecule has 0 saturated heterocycles. The van der Waals surface area contributed by atoms with E-state index >= 15 is 0 Å². The Morgan fingerprint density at radius 1 is 1.30 bits per heavy atom. The van der Waals surface area contributed by atoms with Gasteiger partial charge in [-0.05, 0) is 13.0 Å². The molecule has 0 radical (unpaired) electrons. The van der Waals surface area contributed by atoms with Gasteiger partial charge in [-0.1, -0.05) is 20.8 Å². The van der Waals surface area contributed by atoms with Crippen molar-refractivity contribution in [1.29, 1.82) is 0 Å². The van der Waals surface area contributed by atoms with Crippen molar-refractivity contribution >= 4 is 0 Å². The molecule has 114 valence electrons. The Balaban J connectivity index is 2.68. The number of nitrogens with zero attached hydrogens (tertiary/aromatic N) is 2. The Hall–Kier alpha value is -1.20. The molecule has 1 heterocycles. The number of rotatable bonds is 10. The van der Waals surface area contributed by atoms with Gasteiger partial charge >= 0.3 is 0 Å². The minimum absolute atomic E-state index is 0.322. The van der Waals surface area contributed by atoms with Gasteiger partial charge in [-0.25, -0.2) is 9.97 Å². The maximum Gasteiger partial charge on any atom is 0.160 e. The molecule has 0 saturated carbocycles. The summed E-state index contributed by atoms with van der Waals surface area (Å²) in [6.45, 7) is 9.36. The van der Waals surface area contributed by atoms with Crippen LogP contribution in [0.15, 0.2) is 6.20 Å². The number of aromatic nitrogens is 2. The highest BCUT2D eigenvalue weighted by molar-refractivity contribution is 5.25. The smallest absolute Gasteiger partial charge is 0.160 e. The fraction of sp³-hybridized carbons (Fsp3) is 0.733. The lowest BCUT2D eigenvalue weighted by atomic mass is 10.2. The molecule has 0 aromatic carbocycles. The monoisotopic (exact) mass is 281 g/mol. The molecule has 0 aliphatic carbocycles. The summed E-state index contributed by atoms with van der Waals surface area (Å²) >= 11 is 0. The molecule has 1 N–H and O–H groups in total. The maximum absolute atomic E-state index is 5.76. The van der Waals surface area contributed by atoms with Crippen molar-refractivity contribution in [2.24, 2.45) is 0 Å². The van der Waals surface area contributed by atoms with Gasteiger partial charge in [0.1, 0.15) is 5.82 Å². The highest BCUT2D eigenvalue weighted by Crippen LogP contribution is 2.18. The quantitative estimate of drug-likeness (QED) is 0.668. The highest BCUT2D eigenvalue weighted by Gasteiger charge is 2.10. The standard InChI is InChI=1S/C15H27N3O2/c1-5-7-16-10-13-14(20-9-6-8-19-4)11-17-15(18-13)12(2)3/h11-12,16H,5-10H2,1-4H3. The summed E-state index contributed by atoms with van der Waals surface area (Å²) in [6, 6.07) is 0. The molecule has 0 atom stereocenters. The summed E-state index contributed by atoms with van der Waals surface area (Å²) in [4.78, 5) is 8.98. The molecule has 0 spiro atoms. The van der Waals surface area contributed by atoms with Gasteiger partial charge in [-0.15, -0.1) is 0 Å². The van der Waals surface area contributed by atoms with Gasteiger partial charge in [0.05, 0.1) is 18.5 Å². The van der Waals surface area contributed by atoms with Gasteiger partial charge in [0.2, 0.25) is 0 Å². The molecule has 1 rings (SSSR count). The van der Waals surface area contributed by atoms with Crippen LogP contribution in [-0.4, -0.2) is 36.8 Å². The van der Waals surface area contributed by atoms with Crippen molar-refractivity contribution in [1.82, 2.24) is 15.3 Å². The zero-order valence-electron chi connectivity index (χ0n) is 13.1. The second-order valence-corrected chi connectivity index (χ2v) is 5.07. The fourth-order valence-electron chi connectivity index (χ4n) is 1.72. The molecule has 0 aliphatic rings. The fourth-order valence-corrected chi connectivity index (χ4v) is 1.72. The molecule has 0 aliphatic heterocycles. The van der Waals surface area contributed by atoms with E-state index in [0.717, 1.165) is 43.2 Å². The van der Waals surface area contributed by atoms with Crippen molar-refractivity contribution in [3.05, 3.63) is 17.7 Å². The van der Waals surface area contributed by atoms with Crippen LogP contribution in [-0.2, 0) is 11.3 Å². The van der Waals surface area contributed by atoms with E-state index in [1.54, 1.807) is 13.3 Å². The van der Waals surface area contributed by atoms with E-state index in [2.05, 4.69) is 36.1 Å². The lowest BCUT2D eigenvalue weighted by Crippen LogP contribution is -2.17. The predicted octanol–water partition coefficient (Wildman–Crippen LogP) is 2.51. The van der Waals surface area contributed by atoms with Crippen LogP contribution in [0.5, 0.6) is 5.75 Å². The first kappa shape index (κ1) is 16.9. The summed E-state index contributed by atoms with van der Waals surface area (Å²) in [6.07, 6.45) is 3.76. The average Bonchev–Trinajstić information content (AvgIpc) is 2.44. The number of nitrogens with one attached hydrogen (secondary N) is 1. The largest absolute Gasteiger partial charge is 0.490 e. The van der Waals surface area contributed by atoms with Crippen molar-refractivity contribution < 1.29 is 9.47 Å². The van der Waals surface area contributed by atoms with Gasteiger partial charge in [0.15, 0.2) is 5.75 Å². The van der Waals surface area contributed by atoms with Gasteiger partial charge in [0, 0.05) is 32.6 Å². The van der Waals surface area contributed by atoms with Gasteiger partial charge < -0.3 is 14.8 Å². The first-order valence-corrected chi connectivity index (χ1v) is 7.37. The Morgan fingerprint density at radius 3 is 2.75 bits per heavy atom. The van der Waals surface area contributed by atoms with Gasteiger partial charge in [0.25, 0.3) is 0 Å². The Labute approximate surface area is 122 Å². The molecule has 1 aromatic rings. The van der Waals surface area contributed by atoms with Crippen LogP contribution in [0.25, 0.3) is 0 Å². The topological polar surface area (TPSA) is 56.3 Å². The SMILES string of the molecule is CCCNCc1nc(C(C)C)ncc1OCCCOC. The van der Waals surface area contributed by atoms with Crippen LogP contribution in [0, 0.1) is 0 Å². The number of methoxy groups -OCH3 is 1. The molecule has 5 heteroatoms. The molecule has 0 amide bonds. The third-order valence-corrected chi connectivity index (χ3v) is 2.83. The molecule has 1 aromatic heterocycles. The van der Waals surface area contributed by atoms with Crippen molar-refractivity contribution in [2.45, 2.75) is 46.1 Å². The first-order valence-electron chi connectivity index (χ1n) is 7.37. The van der Waals surface area contributed by atoms with Crippen LogP contribution >= 0.6 is 0 Å². The lowest BCUT2D eigenvalue weighted by Gasteiger charge is -2.13. The van der Waals surface area contributed by atoms with E-state index in [1.807, 2.05) is 0 Å². The Bertz CT molecular complexity index is 383. The van der Waals surface area contributed by atoms with E-state index in [1.165, 1.54) is 0 Å². The van der Waals surface area contributed by atoms with E-state index in [9.17, 15) is 0 Å². The van der Waals surface area contributed by atoms with Crippen molar-refractivity contribution in [2.75, 3.05) is 26.9 Å². The molecule has 0 unspecified atom stereocenters. The van der Waals surface area contributed by atoms with Crippen molar-refractivity contribution in [3.8, 4) is 5.75 Å². The third-order valence-electron chi connectivity index (χ3n) is 2.83. The van der Waals surface area contributed by atoms with Crippen LogP contribution in [0.1, 0.15) is 51.0 Å². The molecular formula is C15H27N3O2. The molecule has 0 bridgehead atoms. The Morgan fingerprint density at radius 2 is 2.10 bits per heavy atom. The third kappa shape index (κ3) is 5.84. The van der Waals surface area contributed by atoms with E-state index in [4.69, 9.17) is 9.47 Å². The number of hydrogen-bond acceptors (Lipinski definition) is 5. The minimum Gasteiger partial charge on any atom is -0.490 e. The summed E-state index contributed by atoms with van der Waals surface area (Å²) in [5, 5.41) is 3.36. The van der Waals surface area contributed by atoms with E-state index in [0.29, 0.717) is 19.1 Å². The van der Waals surface area contributed by atoms with Crippen LogP contribution in [0.4, 0.5) is 0 Å². The first-order chi connectivity index (χ1) is 9.69. The zero-order chi connectivity index (χ0) is 14.8. The molecule has 5 nitrogen and oxygen atoms in total.